The van der Waals surface area contributed by atoms with Crippen LogP contribution in [-0.2, 0) is 4.79 Å². The minimum atomic E-state index is 0.108. The molecular formula is C21H25NO3. The third-order valence-corrected chi connectivity index (χ3v) is 4.45. The highest BCUT2D eigenvalue weighted by Gasteiger charge is 2.18. The molecule has 3 rings (SSSR count). The second-order valence-corrected chi connectivity index (χ2v) is 6.44. The van der Waals surface area contributed by atoms with E-state index in [0.717, 1.165) is 17.2 Å². The molecule has 0 atom stereocenters. The van der Waals surface area contributed by atoms with Crippen molar-refractivity contribution in [2.75, 3.05) is 18.5 Å². The number of anilines is 1. The highest BCUT2D eigenvalue weighted by molar-refractivity contribution is 5.90. The second kappa shape index (κ2) is 9.11. The van der Waals surface area contributed by atoms with Gasteiger partial charge in [-0.2, -0.15) is 0 Å². The highest BCUT2D eigenvalue weighted by atomic mass is 16.5. The average molecular weight is 339 g/mol. The summed E-state index contributed by atoms with van der Waals surface area (Å²) in [6.45, 7) is 0.964. The first-order chi connectivity index (χ1) is 12.3. The van der Waals surface area contributed by atoms with Crippen LogP contribution in [0.2, 0.25) is 0 Å². The van der Waals surface area contributed by atoms with E-state index >= 15 is 0 Å². The Morgan fingerprint density at radius 2 is 1.48 bits per heavy atom. The predicted octanol–water partition coefficient (Wildman–Crippen LogP) is 4.66. The quantitative estimate of drug-likeness (QED) is 0.711. The zero-order valence-corrected chi connectivity index (χ0v) is 14.4. The summed E-state index contributed by atoms with van der Waals surface area (Å²) in [6, 6.07) is 17.2. The molecule has 0 unspecified atom stereocenters. The fourth-order valence-electron chi connectivity index (χ4n) is 3.16. The lowest BCUT2D eigenvalue weighted by molar-refractivity contribution is -0.117. The van der Waals surface area contributed by atoms with Gasteiger partial charge in [0.15, 0.2) is 0 Å². The standard InChI is InChI=1S/C21H25NO3/c23-21(16-17-6-4-5-7-17)22-18-10-12-20(13-11-18)25-15-14-24-19-8-2-1-3-9-19/h1-3,8-13,17H,4-7,14-16H2,(H,22,23). The van der Waals surface area contributed by atoms with E-state index in [2.05, 4.69) is 5.32 Å². The molecule has 0 radical (unpaired) electrons. The molecule has 0 saturated heterocycles. The van der Waals surface area contributed by atoms with Gasteiger partial charge in [-0.05, 0) is 55.2 Å². The number of rotatable bonds is 8. The van der Waals surface area contributed by atoms with Crippen LogP contribution in [0.25, 0.3) is 0 Å². The van der Waals surface area contributed by atoms with Gasteiger partial charge in [-0.25, -0.2) is 0 Å². The summed E-state index contributed by atoms with van der Waals surface area (Å²) in [7, 11) is 0. The van der Waals surface area contributed by atoms with Crippen molar-refractivity contribution < 1.29 is 14.3 Å². The summed E-state index contributed by atoms with van der Waals surface area (Å²) in [5.41, 5.74) is 0.816. The lowest BCUT2D eigenvalue weighted by atomic mass is 10.0. The predicted molar refractivity (Wildman–Crippen MR) is 99.1 cm³/mol. The van der Waals surface area contributed by atoms with Crippen molar-refractivity contribution >= 4 is 11.6 Å². The van der Waals surface area contributed by atoms with Crippen molar-refractivity contribution in [2.24, 2.45) is 5.92 Å². The van der Waals surface area contributed by atoms with Gasteiger partial charge in [0.1, 0.15) is 24.7 Å². The van der Waals surface area contributed by atoms with E-state index < -0.39 is 0 Å². The van der Waals surface area contributed by atoms with Crippen LogP contribution in [0, 0.1) is 5.92 Å². The first kappa shape index (κ1) is 17.3. The van der Waals surface area contributed by atoms with Crippen molar-refractivity contribution in [3.63, 3.8) is 0 Å². The van der Waals surface area contributed by atoms with Crippen molar-refractivity contribution in [3.8, 4) is 11.5 Å². The average Bonchev–Trinajstić information content (AvgIpc) is 3.14. The van der Waals surface area contributed by atoms with Gasteiger partial charge in [0.05, 0.1) is 0 Å². The number of carbonyl (C=O) groups is 1. The Morgan fingerprint density at radius 1 is 0.880 bits per heavy atom. The number of nitrogens with one attached hydrogen (secondary N) is 1. The molecule has 1 aliphatic carbocycles. The Labute approximate surface area is 149 Å². The van der Waals surface area contributed by atoms with Crippen LogP contribution >= 0.6 is 0 Å². The van der Waals surface area contributed by atoms with Crippen LogP contribution in [0.5, 0.6) is 11.5 Å². The zero-order chi connectivity index (χ0) is 17.3. The molecule has 1 fully saturated rings. The summed E-state index contributed by atoms with van der Waals surface area (Å²) >= 11 is 0. The van der Waals surface area contributed by atoms with E-state index in [1.165, 1.54) is 25.7 Å². The molecule has 0 heterocycles. The van der Waals surface area contributed by atoms with Crippen LogP contribution < -0.4 is 14.8 Å². The first-order valence-electron chi connectivity index (χ1n) is 9.00. The normalized spacial score (nSPS) is 14.2. The summed E-state index contributed by atoms with van der Waals surface area (Å²) < 4.78 is 11.2. The van der Waals surface area contributed by atoms with Gasteiger partial charge < -0.3 is 14.8 Å². The molecule has 0 aromatic heterocycles. The highest BCUT2D eigenvalue weighted by Crippen LogP contribution is 2.28. The number of hydrogen-bond donors (Lipinski definition) is 1. The summed E-state index contributed by atoms with van der Waals surface area (Å²) in [5, 5.41) is 2.97. The van der Waals surface area contributed by atoms with E-state index in [1.807, 2.05) is 54.6 Å². The minimum Gasteiger partial charge on any atom is -0.490 e. The summed E-state index contributed by atoms with van der Waals surface area (Å²) in [4.78, 5) is 12.0. The van der Waals surface area contributed by atoms with E-state index in [9.17, 15) is 4.79 Å². The summed E-state index contributed by atoms with van der Waals surface area (Å²) in [6.07, 6.45) is 5.53. The fourth-order valence-corrected chi connectivity index (χ4v) is 3.16. The Bertz CT molecular complexity index is 649. The van der Waals surface area contributed by atoms with Crippen molar-refractivity contribution in [3.05, 3.63) is 54.6 Å². The maximum absolute atomic E-state index is 12.0. The topological polar surface area (TPSA) is 47.6 Å². The van der Waals surface area contributed by atoms with Crippen molar-refractivity contribution in [2.45, 2.75) is 32.1 Å². The molecule has 1 N–H and O–H groups in total. The Hall–Kier alpha value is -2.49. The van der Waals surface area contributed by atoms with E-state index in [-0.39, 0.29) is 5.91 Å². The SMILES string of the molecule is O=C(CC1CCCC1)Nc1ccc(OCCOc2ccccc2)cc1. The molecule has 132 valence electrons. The molecule has 0 aliphatic heterocycles. The number of ether oxygens (including phenoxy) is 2. The molecule has 0 bridgehead atoms. The maximum Gasteiger partial charge on any atom is 0.224 e. The third kappa shape index (κ3) is 5.82. The number of para-hydroxylation sites is 1. The number of hydrogen-bond acceptors (Lipinski definition) is 3. The van der Waals surface area contributed by atoms with Crippen molar-refractivity contribution in [1.82, 2.24) is 0 Å². The molecule has 1 aliphatic rings. The Morgan fingerprint density at radius 3 is 2.12 bits per heavy atom. The molecule has 4 heteroatoms. The van der Waals surface area contributed by atoms with Crippen LogP contribution in [0.4, 0.5) is 5.69 Å². The van der Waals surface area contributed by atoms with E-state index in [0.29, 0.717) is 25.6 Å². The minimum absolute atomic E-state index is 0.108. The van der Waals surface area contributed by atoms with Crippen LogP contribution in [0.15, 0.2) is 54.6 Å². The van der Waals surface area contributed by atoms with Crippen LogP contribution in [0.1, 0.15) is 32.1 Å². The molecule has 0 spiro atoms. The maximum atomic E-state index is 12.0. The van der Waals surface area contributed by atoms with Gasteiger partial charge in [0.25, 0.3) is 0 Å². The number of benzene rings is 2. The molecule has 25 heavy (non-hydrogen) atoms. The number of amides is 1. The van der Waals surface area contributed by atoms with Gasteiger partial charge in [-0.15, -0.1) is 0 Å². The second-order valence-electron chi connectivity index (χ2n) is 6.44. The smallest absolute Gasteiger partial charge is 0.224 e. The Balaban J connectivity index is 1.37. The van der Waals surface area contributed by atoms with Crippen LogP contribution in [-0.4, -0.2) is 19.1 Å². The monoisotopic (exact) mass is 339 g/mol. The lowest BCUT2D eigenvalue weighted by Crippen LogP contribution is -2.15. The van der Waals surface area contributed by atoms with Crippen molar-refractivity contribution in [1.29, 1.82) is 0 Å². The molecule has 1 amide bonds. The fraction of sp³-hybridized carbons (Fsp3) is 0.381. The van der Waals surface area contributed by atoms with Gasteiger partial charge in [-0.1, -0.05) is 31.0 Å². The van der Waals surface area contributed by atoms with Gasteiger partial charge in [0.2, 0.25) is 5.91 Å². The number of carbonyl (C=O) groups excluding carboxylic acids is 1. The first-order valence-corrected chi connectivity index (χ1v) is 9.00. The molecule has 2 aromatic rings. The Kier molecular flexibility index (Phi) is 6.32. The van der Waals surface area contributed by atoms with Gasteiger partial charge in [0, 0.05) is 12.1 Å². The van der Waals surface area contributed by atoms with Gasteiger partial charge >= 0.3 is 0 Å². The molecule has 1 saturated carbocycles. The van der Waals surface area contributed by atoms with E-state index in [1.54, 1.807) is 0 Å². The zero-order valence-electron chi connectivity index (χ0n) is 14.4. The third-order valence-electron chi connectivity index (χ3n) is 4.45. The molecular weight excluding hydrogens is 314 g/mol. The largest absolute Gasteiger partial charge is 0.490 e. The lowest BCUT2D eigenvalue weighted by Gasteiger charge is -2.11. The van der Waals surface area contributed by atoms with Crippen LogP contribution in [0.3, 0.4) is 0 Å². The summed E-state index contributed by atoms with van der Waals surface area (Å²) in [5.74, 6) is 2.28. The van der Waals surface area contributed by atoms with E-state index in [4.69, 9.17) is 9.47 Å². The molecule has 4 nitrogen and oxygen atoms in total. The van der Waals surface area contributed by atoms with Gasteiger partial charge in [-0.3, -0.25) is 4.79 Å². The molecule has 2 aromatic carbocycles.